The maximum absolute atomic E-state index is 9.53. The zero-order chi connectivity index (χ0) is 19.6. The quantitative estimate of drug-likeness (QED) is 0.524. The Kier molecular flexibility index (Phi) is 5.43. The van der Waals surface area contributed by atoms with Gasteiger partial charge in [0.05, 0.1) is 0 Å². The van der Waals surface area contributed by atoms with E-state index in [0.29, 0.717) is 23.8 Å². The lowest BCUT2D eigenvalue weighted by molar-refractivity contribution is 0.291. The minimum Gasteiger partial charge on any atom is -0.408 e. The van der Waals surface area contributed by atoms with E-state index >= 15 is 0 Å². The summed E-state index contributed by atoms with van der Waals surface area (Å²) in [6, 6.07) is 0. The molecule has 0 bridgehead atoms. The summed E-state index contributed by atoms with van der Waals surface area (Å²) in [4.78, 5) is 29.1. The Labute approximate surface area is 152 Å². The molecule has 0 aliphatic carbocycles. The van der Waals surface area contributed by atoms with Crippen LogP contribution in [0.4, 0.5) is 23.8 Å². The van der Waals surface area contributed by atoms with Gasteiger partial charge in [-0.1, -0.05) is 0 Å². The fourth-order valence-corrected chi connectivity index (χ4v) is 1.98. The second-order valence-corrected chi connectivity index (χ2v) is 6.37. The molecule has 2 aromatic rings. The summed E-state index contributed by atoms with van der Waals surface area (Å²) < 4.78 is 1.47. The molecule has 142 valence electrons. The fraction of sp³-hybridized carbons (Fsp3) is 0.571. The first-order valence-electron chi connectivity index (χ1n) is 7.80. The number of rotatable bonds is 5. The van der Waals surface area contributed by atoms with Crippen molar-refractivity contribution < 1.29 is 5.21 Å². The molecule has 0 saturated carbocycles. The maximum atomic E-state index is 9.53. The Hall–Kier alpha value is -3.18. The van der Waals surface area contributed by atoms with Gasteiger partial charge >= 0.3 is 0 Å². The molecule has 0 aromatic carbocycles. The van der Waals surface area contributed by atoms with Crippen molar-refractivity contribution in [1.29, 1.82) is 0 Å². The minimum absolute atomic E-state index is 0.00742. The molecule has 0 aliphatic rings. The number of nitrogens with zero attached hydrogens (tertiary/aromatic N) is 11. The third kappa shape index (κ3) is 3.73. The van der Waals surface area contributed by atoms with E-state index in [9.17, 15) is 5.21 Å². The van der Waals surface area contributed by atoms with Crippen LogP contribution in [-0.4, -0.2) is 91.1 Å². The Morgan fingerprint density at radius 1 is 0.654 bits per heavy atom. The average molecular weight is 363 g/mol. The second kappa shape index (κ2) is 7.37. The van der Waals surface area contributed by atoms with Crippen LogP contribution >= 0.6 is 0 Å². The lowest BCUT2D eigenvalue weighted by atomic mass is 10.6. The van der Waals surface area contributed by atoms with Crippen molar-refractivity contribution in [1.82, 2.24) is 29.5 Å². The van der Waals surface area contributed by atoms with Gasteiger partial charge in [-0.05, 0) is 5.16 Å². The molecule has 0 aliphatic heterocycles. The Morgan fingerprint density at radius 2 is 1.12 bits per heavy atom. The molecular formula is C14H25N11O. The third-order valence-electron chi connectivity index (χ3n) is 3.29. The zero-order valence-electron chi connectivity index (χ0n) is 16.4. The summed E-state index contributed by atoms with van der Waals surface area (Å²) in [5.41, 5.74) is 0.00742. The standard InChI is InChI=1S/C14H25N11O/c1-21(2)9-15-10(22(3)4)17-12(16-9)25-13(20-26)18-11(23(5)6)19-14(25)24(7)8/h26H,1-8H3. The normalized spacial score (nSPS) is 11.5. The molecule has 0 fully saturated rings. The van der Waals surface area contributed by atoms with E-state index in [0.717, 1.165) is 0 Å². The Balaban J connectivity index is 2.87. The summed E-state index contributed by atoms with van der Waals surface area (Å²) >= 11 is 0. The van der Waals surface area contributed by atoms with Gasteiger partial charge in [-0.25, -0.2) is 4.57 Å². The summed E-state index contributed by atoms with van der Waals surface area (Å²) in [6.07, 6.45) is 0. The largest absolute Gasteiger partial charge is 0.408 e. The highest BCUT2D eigenvalue weighted by atomic mass is 16.4. The van der Waals surface area contributed by atoms with Gasteiger partial charge in [0.2, 0.25) is 29.7 Å². The molecule has 12 heteroatoms. The second-order valence-electron chi connectivity index (χ2n) is 6.37. The topological polar surface area (TPSA) is 115 Å². The van der Waals surface area contributed by atoms with Gasteiger partial charge in [0, 0.05) is 56.4 Å². The third-order valence-corrected chi connectivity index (χ3v) is 3.29. The van der Waals surface area contributed by atoms with Crippen LogP contribution in [-0.2, 0) is 0 Å². The first kappa shape index (κ1) is 19.1. The lowest BCUT2D eigenvalue weighted by Crippen LogP contribution is -2.34. The summed E-state index contributed by atoms with van der Waals surface area (Å²) in [6.45, 7) is 0. The molecule has 0 unspecified atom stereocenters. The maximum Gasteiger partial charge on any atom is 0.279 e. The molecule has 2 rings (SSSR count). The molecule has 0 spiro atoms. The molecule has 12 nitrogen and oxygen atoms in total. The van der Waals surface area contributed by atoms with Crippen LogP contribution in [0.15, 0.2) is 5.16 Å². The van der Waals surface area contributed by atoms with Crippen LogP contribution < -0.4 is 25.2 Å². The Bertz CT molecular complexity index is 815. The highest BCUT2D eigenvalue weighted by molar-refractivity contribution is 5.45. The monoisotopic (exact) mass is 363 g/mol. The van der Waals surface area contributed by atoms with E-state index in [-0.39, 0.29) is 11.6 Å². The number of hydrogen-bond acceptors (Lipinski definition) is 11. The minimum atomic E-state index is 0.00742. The van der Waals surface area contributed by atoms with Gasteiger partial charge in [-0.2, -0.15) is 24.9 Å². The average Bonchev–Trinajstić information content (AvgIpc) is 2.59. The highest BCUT2D eigenvalue weighted by Crippen LogP contribution is 2.17. The van der Waals surface area contributed by atoms with Gasteiger partial charge in [-0.3, -0.25) is 0 Å². The van der Waals surface area contributed by atoms with Gasteiger partial charge in [0.1, 0.15) is 0 Å². The van der Waals surface area contributed by atoms with Gasteiger partial charge in [-0.15, -0.1) is 0 Å². The lowest BCUT2D eigenvalue weighted by Gasteiger charge is -2.21. The fourth-order valence-electron chi connectivity index (χ4n) is 1.98. The van der Waals surface area contributed by atoms with E-state index < -0.39 is 0 Å². The van der Waals surface area contributed by atoms with Crippen molar-refractivity contribution in [3.8, 4) is 5.95 Å². The van der Waals surface area contributed by atoms with Crippen LogP contribution in [0.5, 0.6) is 0 Å². The number of aromatic nitrogens is 6. The van der Waals surface area contributed by atoms with Crippen molar-refractivity contribution in [2.75, 3.05) is 76.0 Å². The van der Waals surface area contributed by atoms with Crippen molar-refractivity contribution in [2.24, 2.45) is 5.16 Å². The summed E-state index contributed by atoms with van der Waals surface area (Å²) in [7, 11) is 14.6. The van der Waals surface area contributed by atoms with Crippen molar-refractivity contribution in [2.45, 2.75) is 0 Å². The molecule has 0 saturated heterocycles. The smallest absolute Gasteiger partial charge is 0.279 e. The van der Waals surface area contributed by atoms with E-state index in [1.165, 1.54) is 4.57 Å². The van der Waals surface area contributed by atoms with Crippen LogP contribution in [0.3, 0.4) is 0 Å². The van der Waals surface area contributed by atoms with Crippen LogP contribution in [0.25, 0.3) is 5.95 Å². The zero-order valence-corrected chi connectivity index (χ0v) is 16.4. The first-order chi connectivity index (χ1) is 12.1. The number of hydrogen-bond donors (Lipinski definition) is 1. The first-order valence-corrected chi connectivity index (χ1v) is 7.80. The molecule has 0 atom stereocenters. The van der Waals surface area contributed by atoms with Crippen LogP contribution in [0.2, 0.25) is 0 Å². The van der Waals surface area contributed by atoms with E-state index in [1.54, 1.807) is 33.7 Å². The van der Waals surface area contributed by atoms with E-state index in [2.05, 4.69) is 30.1 Å². The van der Waals surface area contributed by atoms with Gasteiger partial charge < -0.3 is 24.8 Å². The SMILES string of the molecule is CN(C)c1nc(N(C)C)nc(-n2c(N(C)C)nc(N(C)C)nc2=NO)n1. The van der Waals surface area contributed by atoms with Crippen LogP contribution in [0, 0.1) is 0 Å². The van der Waals surface area contributed by atoms with Crippen LogP contribution in [0.1, 0.15) is 0 Å². The summed E-state index contributed by atoms with van der Waals surface area (Å²) in [5, 5.41) is 12.8. The molecule has 2 heterocycles. The van der Waals surface area contributed by atoms with Crippen molar-refractivity contribution in [3.05, 3.63) is 5.62 Å². The number of anilines is 4. The van der Waals surface area contributed by atoms with Crippen molar-refractivity contribution in [3.63, 3.8) is 0 Å². The highest BCUT2D eigenvalue weighted by Gasteiger charge is 2.19. The van der Waals surface area contributed by atoms with E-state index in [4.69, 9.17) is 0 Å². The molecule has 1 N–H and O–H groups in total. The van der Waals surface area contributed by atoms with Gasteiger partial charge in [0.15, 0.2) is 0 Å². The molecule has 0 radical (unpaired) electrons. The molecule has 2 aromatic heterocycles. The Morgan fingerprint density at radius 3 is 1.50 bits per heavy atom. The van der Waals surface area contributed by atoms with Crippen molar-refractivity contribution >= 4 is 23.8 Å². The van der Waals surface area contributed by atoms with E-state index in [1.807, 2.05) is 42.3 Å². The molecule has 0 amide bonds. The van der Waals surface area contributed by atoms with Gasteiger partial charge in [0.25, 0.3) is 5.62 Å². The molecular weight excluding hydrogens is 338 g/mol. The molecule has 26 heavy (non-hydrogen) atoms. The predicted molar refractivity (Wildman–Crippen MR) is 99.4 cm³/mol. The predicted octanol–water partition coefficient (Wildman–Crippen LogP) is -0.994. The summed E-state index contributed by atoms with van der Waals surface area (Å²) in [5.74, 6) is 2.01.